The molecule has 192 valence electrons. The highest BCUT2D eigenvalue weighted by Crippen LogP contribution is 2.32. The molecule has 0 atom stereocenters. The highest BCUT2D eigenvalue weighted by Gasteiger charge is 2.35. The lowest BCUT2D eigenvalue weighted by Gasteiger charge is -2.17. The number of rotatable bonds is 9. The van der Waals surface area contributed by atoms with E-state index in [0.717, 1.165) is 24.3 Å². The van der Waals surface area contributed by atoms with Crippen LogP contribution < -0.4 is 0 Å². The van der Waals surface area contributed by atoms with Gasteiger partial charge in [0.2, 0.25) is 0 Å². The van der Waals surface area contributed by atoms with E-state index in [1.807, 2.05) is 60.7 Å². The third-order valence-electron chi connectivity index (χ3n) is 5.67. The Hall–Kier alpha value is -4.66. The number of nitrogens with zero attached hydrogens (tertiary/aromatic N) is 1. The maximum absolute atomic E-state index is 13.2. The predicted octanol–water partition coefficient (Wildman–Crippen LogP) is 3.43. The van der Waals surface area contributed by atoms with E-state index >= 15 is 0 Å². The van der Waals surface area contributed by atoms with E-state index in [2.05, 4.69) is 0 Å². The second-order valence-electron chi connectivity index (χ2n) is 7.83. The van der Waals surface area contributed by atoms with Gasteiger partial charge in [0.15, 0.2) is 0 Å². The van der Waals surface area contributed by atoms with Crippen LogP contribution in [0.2, 0.25) is 0 Å². The Kier molecular flexibility index (Phi) is 8.99. The van der Waals surface area contributed by atoms with E-state index in [1.165, 1.54) is 25.9 Å². The summed E-state index contributed by atoms with van der Waals surface area (Å²) in [5.74, 6) is -3.31. The van der Waals surface area contributed by atoms with E-state index in [1.54, 1.807) is 0 Å². The smallest absolute Gasteiger partial charge is 0.355 e. The largest absolute Gasteiger partial charge is 0.466 e. The Labute approximate surface area is 214 Å². The summed E-state index contributed by atoms with van der Waals surface area (Å²) in [5, 5.41) is 0. The molecule has 0 saturated heterocycles. The van der Waals surface area contributed by atoms with Gasteiger partial charge in [-0.15, -0.1) is 0 Å². The number of carbonyl (C=O) groups excluding carboxylic acids is 4. The number of hydrogen-bond donors (Lipinski definition) is 0. The van der Waals surface area contributed by atoms with Crippen LogP contribution in [0.1, 0.15) is 43.2 Å². The molecule has 0 amide bonds. The minimum atomic E-state index is -0.878. The molecule has 0 saturated carbocycles. The van der Waals surface area contributed by atoms with Crippen molar-refractivity contribution in [2.75, 3.05) is 28.4 Å². The van der Waals surface area contributed by atoms with Crippen molar-refractivity contribution in [1.29, 1.82) is 0 Å². The first kappa shape index (κ1) is 26.9. The third-order valence-corrected chi connectivity index (χ3v) is 5.67. The molecule has 0 bridgehead atoms. The number of methoxy groups -OCH3 is 4. The molecule has 0 N–H and O–H groups in total. The normalized spacial score (nSPS) is 11.0. The molecule has 9 heteroatoms. The highest BCUT2D eigenvalue weighted by atomic mass is 16.5. The zero-order valence-corrected chi connectivity index (χ0v) is 21.0. The van der Waals surface area contributed by atoms with E-state index in [0.29, 0.717) is 0 Å². The average Bonchev–Trinajstić information content (AvgIpc) is 3.24. The second kappa shape index (κ2) is 12.3. The molecule has 1 aromatic heterocycles. The van der Waals surface area contributed by atoms with Gasteiger partial charge < -0.3 is 23.5 Å². The summed E-state index contributed by atoms with van der Waals surface area (Å²) in [6.45, 7) is 0. The fourth-order valence-electron chi connectivity index (χ4n) is 4.01. The summed E-state index contributed by atoms with van der Waals surface area (Å²) in [7, 11) is 4.71. The Morgan fingerprint density at radius 3 is 1.43 bits per heavy atom. The quantitative estimate of drug-likeness (QED) is 0.247. The molecule has 3 rings (SSSR count). The van der Waals surface area contributed by atoms with E-state index in [-0.39, 0.29) is 41.1 Å². The molecule has 3 aromatic rings. The second-order valence-corrected chi connectivity index (χ2v) is 7.83. The van der Waals surface area contributed by atoms with Crippen molar-refractivity contribution in [1.82, 2.24) is 4.57 Å². The topological polar surface area (TPSA) is 110 Å². The Morgan fingerprint density at radius 1 is 0.649 bits per heavy atom. The molecular formula is C28H27NO8. The highest BCUT2D eigenvalue weighted by molar-refractivity contribution is 6.16. The molecule has 0 aliphatic rings. The van der Waals surface area contributed by atoms with Crippen molar-refractivity contribution < 1.29 is 38.1 Å². The van der Waals surface area contributed by atoms with Gasteiger partial charge in [0.25, 0.3) is 0 Å². The van der Waals surface area contributed by atoms with Crippen molar-refractivity contribution >= 4 is 29.6 Å². The molecule has 0 radical (unpaired) electrons. The van der Waals surface area contributed by atoms with Gasteiger partial charge in [-0.2, -0.15) is 0 Å². The van der Waals surface area contributed by atoms with Crippen LogP contribution in [0.15, 0.2) is 66.7 Å². The fourth-order valence-corrected chi connectivity index (χ4v) is 4.01. The lowest BCUT2D eigenvalue weighted by molar-refractivity contribution is -0.137. The van der Waals surface area contributed by atoms with Gasteiger partial charge in [-0.05, 0) is 11.1 Å². The minimum Gasteiger partial charge on any atom is -0.466 e. The summed E-state index contributed by atoms with van der Waals surface area (Å²) in [4.78, 5) is 51.7. The summed E-state index contributed by atoms with van der Waals surface area (Å²) in [6, 6.07) is 18.3. The third kappa shape index (κ3) is 5.95. The van der Waals surface area contributed by atoms with Crippen molar-refractivity contribution in [3.05, 3.63) is 100 Å². The first-order valence-corrected chi connectivity index (χ1v) is 11.2. The number of hydrogen-bond acceptors (Lipinski definition) is 8. The number of benzene rings is 2. The van der Waals surface area contributed by atoms with Crippen molar-refractivity contribution in [2.24, 2.45) is 0 Å². The lowest BCUT2D eigenvalue weighted by Crippen LogP contribution is -2.18. The molecule has 0 aliphatic carbocycles. The number of ether oxygens (including phenoxy) is 4. The van der Waals surface area contributed by atoms with E-state index in [9.17, 15) is 19.2 Å². The Morgan fingerprint density at radius 2 is 1.08 bits per heavy atom. The Balaban J connectivity index is 2.50. The zero-order valence-electron chi connectivity index (χ0n) is 21.0. The first-order valence-electron chi connectivity index (χ1n) is 11.2. The number of esters is 4. The minimum absolute atomic E-state index is 0.0798. The summed E-state index contributed by atoms with van der Waals surface area (Å²) in [5.41, 5.74) is 1.63. The van der Waals surface area contributed by atoms with Gasteiger partial charge in [0.05, 0.1) is 45.6 Å². The van der Waals surface area contributed by atoms with Crippen LogP contribution in [0.25, 0.3) is 5.70 Å². The van der Waals surface area contributed by atoms with Crippen LogP contribution in [-0.4, -0.2) is 56.9 Å². The van der Waals surface area contributed by atoms with Crippen molar-refractivity contribution in [2.45, 2.75) is 12.8 Å². The summed E-state index contributed by atoms with van der Waals surface area (Å²) < 4.78 is 21.2. The maximum atomic E-state index is 13.2. The van der Waals surface area contributed by atoms with Gasteiger partial charge in [0.1, 0.15) is 5.70 Å². The van der Waals surface area contributed by atoms with Gasteiger partial charge in [-0.25, -0.2) is 19.2 Å². The number of aromatic nitrogens is 1. The van der Waals surface area contributed by atoms with Crippen LogP contribution in [-0.2, 0) is 41.4 Å². The monoisotopic (exact) mass is 505 g/mol. The molecule has 37 heavy (non-hydrogen) atoms. The van der Waals surface area contributed by atoms with Crippen LogP contribution in [0.3, 0.4) is 0 Å². The van der Waals surface area contributed by atoms with Gasteiger partial charge >= 0.3 is 23.9 Å². The maximum Gasteiger partial charge on any atom is 0.355 e. The lowest BCUT2D eigenvalue weighted by atomic mass is 10.0. The van der Waals surface area contributed by atoms with Crippen molar-refractivity contribution in [3.63, 3.8) is 0 Å². The van der Waals surface area contributed by atoms with Crippen LogP contribution in [0.5, 0.6) is 0 Å². The molecule has 0 fully saturated rings. The standard InChI is InChI=1S/C28H27NO8/c1-34-23(30)17-22(26(31)35-2)29-20(15-18-11-7-5-8-12-18)24(27(32)36-3)25(28(33)37-4)21(29)16-19-13-9-6-10-14-19/h5-14,17H,15-16H2,1-4H3/b22-17-. The molecule has 0 spiro atoms. The van der Waals surface area contributed by atoms with Crippen LogP contribution >= 0.6 is 0 Å². The summed E-state index contributed by atoms with van der Waals surface area (Å²) >= 11 is 0. The summed E-state index contributed by atoms with van der Waals surface area (Å²) in [6.07, 6.45) is 1.18. The Bertz CT molecular complexity index is 1240. The molecule has 0 aliphatic heterocycles. The van der Waals surface area contributed by atoms with Gasteiger partial charge in [-0.3, -0.25) is 0 Å². The fraction of sp³-hybridized carbons (Fsp3) is 0.214. The molecule has 1 heterocycles. The molecule has 2 aromatic carbocycles. The van der Waals surface area contributed by atoms with Crippen molar-refractivity contribution in [3.8, 4) is 0 Å². The van der Waals surface area contributed by atoms with Gasteiger partial charge in [0, 0.05) is 24.2 Å². The zero-order chi connectivity index (χ0) is 26.9. The molecular weight excluding hydrogens is 478 g/mol. The first-order chi connectivity index (χ1) is 17.9. The molecule has 9 nitrogen and oxygen atoms in total. The SMILES string of the molecule is COC(=O)/C=C(/C(=O)OC)n1c(Cc2ccccc2)c(C(=O)OC)c(C(=O)OC)c1Cc1ccccc1. The van der Waals surface area contributed by atoms with Gasteiger partial charge in [-0.1, -0.05) is 60.7 Å². The average molecular weight is 506 g/mol. The number of carbonyl (C=O) groups is 4. The van der Waals surface area contributed by atoms with E-state index < -0.39 is 23.9 Å². The predicted molar refractivity (Wildman–Crippen MR) is 134 cm³/mol. The van der Waals surface area contributed by atoms with E-state index in [4.69, 9.17) is 18.9 Å². The van der Waals surface area contributed by atoms with Crippen LogP contribution in [0, 0.1) is 0 Å². The van der Waals surface area contributed by atoms with Crippen LogP contribution in [0.4, 0.5) is 0 Å². The molecule has 0 unspecified atom stereocenters.